The molecule has 0 aliphatic heterocycles. The summed E-state index contributed by atoms with van der Waals surface area (Å²) in [5, 5.41) is 1.23. The van der Waals surface area contributed by atoms with Crippen molar-refractivity contribution in [3.8, 4) is 17.2 Å². The first-order valence-electron chi connectivity index (χ1n) is 9.72. The zero-order valence-electron chi connectivity index (χ0n) is 16.9. The second-order valence-electron chi connectivity index (χ2n) is 7.36. The van der Waals surface area contributed by atoms with Gasteiger partial charge >= 0.3 is 0 Å². The fourth-order valence-electron chi connectivity index (χ4n) is 3.01. The van der Waals surface area contributed by atoms with Crippen LogP contribution < -0.4 is 14.7 Å². The summed E-state index contributed by atoms with van der Waals surface area (Å²) >= 11 is 0. The molecule has 4 heteroatoms. The topological polar surface area (TPSA) is 27.7 Å². The molecule has 0 N–H and O–H groups in total. The minimum Gasteiger partial charge on any atom is -0.494 e. The van der Waals surface area contributed by atoms with Gasteiger partial charge in [-0.1, -0.05) is 47.7 Å². The Hall–Kier alpha value is -2.56. The molecule has 3 rings (SSSR count). The van der Waals surface area contributed by atoms with Gasteiger partial charge in [-0.2, -0.15) is 0 Å². The van der Waals surface area contributed by atoms with Crippen LogP contribution in [0, 0.1) is 0 Å². The molecule has 0 saturated carbocycles. The standard InChI is InChI=1S/C24H28O3Si/c1-4-25-20-13-15-23(16-14-20)28-24(2,3)26-18-19-9-8-12-22(17-19)27-21-10-6-5-7-11-21/h5-17H,4,18,28H2,1-3H3. The Labute approximate surface area is 170 Å². The summed E-state index contributed by atoms with van der Waals surface area (Å²) in [6.07, 6.45) is 0. The van der Waals surface area contributed by atoms with Crippen molar-refractivity contribution in [3.05, 3.63) is 84.4 Å². The van der Waals surface area contributed by atoms with Crippen LogP contribution in [0.15, 0.2) is 78.9 Å². The molecular weight excluding hydrogens is 364 g/mol. The Morgan fingerprint density at radius 1 is 0.786 bits per heavy atom. The zero-order chi connectivity index (χ0) is 19.8. The number of para-hydroxylation sites is 1. The van der Waals surface area contributed by atoms with E-state index in [2.05, 4.69) is 32.0 Å². The Bertz CT molecular complexity index is 861. The fraction of sp³-hybridized carbons (Fsp3) is 0.250. The van der Waals surface area contributed by atoms with Crippen LogP contribution in [0.2, 0.25) is 0 Å². The van der Waals surface area contributed by atoms with Crippen LogP contribution in [0.25, 0.3) is 0 Å². The molecule has 146 valence electrons. The maximum Gasteiger partial charge on any atom is 0.127 e. The molecule has 28 heavy (non-hydrogen) atoms. The Kier molecular flexibility index (Phi) is 6.90. The average Bonchev–Trinajstić information content (AvgIpc) is 2.69. The third-order valence-corrected chi connectivity index (χ3v) is 6.31. The molecule has 0 amide bonds. The van der Waals surface area contributed by atoms with Gasteiger partial charge in [0.15, 0.2) is 0 Å². The minimum atomic E-state index is -0.595. The van der Waals surface area contributed by atoms with Crippen molar-refractivity contribution in [1.29, 1.82) is 0 Å². The molecule has 0 unspecified atom stereocenters. The third-order valence-electron chi connectivity index (χ3n) is 4.37. The first-order valence-corrected chi connectivity index (χ1v) is 11.1. The van der Waals surface area contributed by atoms with Crippen LogP contribution in [-0.2, 0) is 11.3 Å². The van der Waals surface area contributed by atoms with Gasteiger partial charge < -0.3 is 14.2 Å². The highest BCUT2D eigenvalue weighted by Gasteiger charge is 2.20. The van der Waals surface area contributed by atoms with E-state index in [1.54, 1.807) is 0 Å². The first kappa shape index (κ1) is 20.2. The molecule has 3 nitrogen and oxygen atoms in total. The predicted molar refractivity (Wildman–Crippen MR) is 118 cm³/mol. The Morgan fingerprint density at radius 2 is 1.50 bits per heavy atom. The van der Waals surface area contributed by atoms with Gasteiger partial charge in [-0.15, -0.1) is 0 Å². The van der Waals surface area contributed by atoms with Crippen molar-refractivity contribution >= 4 is 14.7 Å². The summed E-state index contributed by atoms with van der Waals surface area (Å²) < 4.78 is 17.7. The number of ether oxygens (including phenoxy) is 3. The largest absolute Gasteiger partial charge is 0.494 e. The summed E-state index contributed by atoms with van der Waals surface area (Å²) in [5.41, 5.74) is 1.11. The summed E-state index contributed by atoms with van der Waals surface area (Å²) in [4.78, 5) is 0. The predicted octanol–water partition coefficient (Wildman–Crippen LogP) is 4.62. The summed E-state index contributed by atoms with van der Waals surface area (Å²) in [6.45, 7) is 7.63. The van der Waals surface area contributed by atoms with Crippen LogP contribution in [0.4, 0.5) is 0 Å². The minimum absolute atomic E-state index is 0.135. The molecule has 0 spiro atoms. The van der Waals surface area contributed by atoms with E-state index in [9.17, 15) is 0 Å². The van der Waals surface area contributed by atoms with Gasteiger partial charge in [-0.3, -0.25) is 0 Å². The Balaban J connectivity index is 1.57. The number of rotatable bonds is 9. The quantitative estimate of drug-likeness (QED) is 0.497. The van der Waals surface area contributed by atoms with Crippen molar-refractivity contribution in [1.82, 2.24) is 0 Å². The van der Waals surface area contributed by atoms with E-state index < -0.39 is 9.52 Å². The van der Waals surface area contributed by atoms with Crippen LogP contribution in [0.5, 0.6) is 17.2 Å². The molecule has 0 aliphatic carbocycles. The number of hydrogen-bond acceptors (Lipinski definition) is 3. The highest BCUT2D eigenvalue weighted by Crippen LogP contribution is 2.23. The third kappa shape index (κ3) is 6.25. The van der Waals surface area contributed by atoms with Crippen molar-refractivity contribution in [2.24, 2.45) is 0 Å². The van der Waals surface area contributed by atoms with Gasteiger partial charge in [-0.05, 0) is 62.7 Å². The van der Waals surface area contributed by atoms with Crippen LogP contribution in [0.3, 0.4) is 0 Å². The van der Waals surface area contributed by atoms with Gasteiger partial charge in [-0.25, -0.2) is 0 Å². The summed E-state index contributed by atoms with van der Waals surface area (Å²) in [7, 11) is -0.595. The van der Waals surface area contributed by atoms with Crippen molar-refractivity contribution in [2.75, 3.05) is 6.61 Å². The van der Waals surface area contributed by atoms with E-state index in [4.69, 9.17) is 14.2 Å². The van der Waals surface area contributed by atoms with Gasteiger partial charge in [0.05, 0.1) is 28.0 Å². The average molecular weight is 393 g/mol. The van der Waals surface area contributed by atoms with E-state index in [0.29, 0.717) is 13.2 Å². The Morgan fingerprint density at radius 3 is 2.21 bits per heavy atom. The summed E-state index contributed by atoms with van der Waals surface area (Å²) in [6, 6.07) is 26.3. The molecule has 3 aromatic carbocycles. The normalized spacial score (nSPS) is 11.7. The van der Waals surface area contributed by atoms with Crippen molar-refractivity contribution in [3.63, 3.8) is 0 Å². The molecule has 0 atom stereocenters. The molecule has 0 bridgehead atoms. The second-order valence-corrected chi connectivity index (χ2v) is 10.2. The second kappa shape index (κ2) is 9.58. The fourth-order valence-corrected chi connectivity index (χ4v) is 4.67. The highest BCUT2D eigenvalue weighted by molar-refractivity contribution is 6.56. The lowest BCUT2D eigenvalue weighted by atomic mass is 10.2. The van der Waals surface area contributed by atoms with E-state index in [-0.39, 0.29) is 5.22 Å². The van der Waals surface area contributed by atoms with Gasteiger partial charge in [0.2, 0.25) is 0 Å². The smallest absolute Gasteiger partial charge is 0.127 e. The molecular formula is C24H28O3Si. The maximum absolute atomic E-state index is 6.28. The van der Waals surface area contributed by atoms with Crippen LogP contribution in [0.1, 0.15) is 26.3 Å². The van der Waals surface area contributed by atoms with Crippen LogP contribution in [-0.4, -0.2) is 21.4 Å². The monoisotopic (exact) mass is 392 g/mol. The first-order chi connectivity index (χ1) is 13.5. The SMILES string of the molecule is CCOc1ccc([SiH2]C(C)(C)OCc2cccc(Oc3ccccc3)c2)cc1. The molecule has 0 fully saturated rings. The maximum atomic E-state index is 6.28. The lowest BCUT2D eigenvalue weighted by Gasteiger charge is -2.25. The van der Waals surface area contributed by atoms with E-state index in [0.717, 1.165) is 22.8 Å². The molecule has 0 heterocycles. The van der Waals surface area contributed by atoms with E-state index in [1.165, 1.54) is 5.19 Å². The number of benzene rings is 3. The zero-order valence-corrected chi connectivity index (χ0v) is 18.3. The number of hydrogen-bond donors (Lipinski definition) is 0. The molecule has 0 radical (unpaired) electrons. The molecule has 3 aromatic rings. The lowest BCUT2D eigenvalue weighted by Crippen LogP contribution is -2.39. The highest BCUT2D eigenvalue weighted by atomic mass is 28.2. The molecule has 0 saturated heterocycles. The van der Waals surface area contributed by atoms with Crippen molar-refractivity contribution in [2.45, 2.75) is 32.6 Å². The molecule has 0 aliphatic rings. The lowest BCUT2D eigenvalue weighted by molar-refractivity contribution is 0.0310. The summed E-state index contributed by atoms with van der Waals surface area (Å²) in [5.74, 6) is 2.59. The van der Waals surface area contributed by atoms with E-state index in [1.807, 2.05) is 67.6 Å². The van der Waals surface area contributed by atoms with Gasteiger partial charge in [0.25, 0.3) is 0 Å². The van der Waals surface area contributed by atoms with Crippen molar-refractivity contribution < 1.29 is 14.2 Å². The van der Waals surface area contributed by atoms with Gasteiger partial charge in [0.1, 0.15) is 17.2 Å². The van der Waals surface area contributed by atoms with Crippen LogP contribution >= 0.6 is 0 Å². The molecule has 0 aromatic heterocycles. The van der Waals surface area contributed by atoms with Gasteiger partial charge in [0, 0.05) is 0 Å². The van der Waals surface area contributed by atoms with E-state index >= 15 is 0 Å².